The van der Waals surface area contributed by atoms with Crippen LogP contribution in [0.15, 0.2) is 64.5 Å². The molecule has 0 atom stereocenters. The molecule has 0 saturated carbocycles. The molecular formula is C22H23ClN6O3. The molecule has 1 fully saturated rings. The van der Waals surface area contributed by atoms with E-state index < -0.39 is 5.97 Å². The van der Waals surface area contributed by atoms with Crippen LogP contribution in [0.4, 0.5) is 5.82 Å². The Morgan fingerprint density at radius 2 is 1.97 bits per heavy atom. The lowest BCUT2D eigenvalue weighted by molar-refractivity contribution is -0.130. The molecule has 0 unspecified atom stereocenters. The Morgan fingerprint density at radius 1 is 1.12 bits per heavy atom. The van der Waals surface area contributed by atoms with Gasteiger partial charge in [0.1, 0.15) is 5.75 Å². The molecule has 0 radical (unpaired) electrons. The van der Waals surface area contributed by atoms with Gasteiger partial charge in [0.2, 0.25) is 5.90 Å². The number of nitrogens with two attached hydrogens (primary N) is 1. The number of pyridine rings is 1. The van der Waals surface area contributed by atoms with Crippen LogP contribution in [0.25, 0.3) is 0 Å². The van der Waals surface area contributed by atoms with Gasteiger partial charge in [0, 0.05) is 56.1 Å². The largest absolute Gasteiger partial charge is 0.493 e. The van der Waals surface area contributed by atoms with Crippen molar-refractivity contribution in [3.63, 3.8) is 0 Å². The van der Waals surface area contributed by atoms with Crippen LogP contribution < -0.4 is 10.5 Å². The summed E-state index contributed by atoms with van der Waals surface area (Å²) >= 11 is 0. The van der Waals surface area contributed by atoms with Crippen LogP contribution in [0.2, 0.25) is 0 Å². The Balaban J connectivity index is 0.00000245. The number of halogens is 1. The molecule has 10 heteroatoms. The molecular weight excluding hydrogens is 432 g/mol. The number of cyclic esters (lactones) is 1. The first-order chi connectivity index (χ1) is 15.2. The highest BCUT2D eigenvalue weighted by molar-refractivity contribution is 6.11. The molecule has 3 aliphatic rings. The molecule has 0 aliphatic carbocycles. The molecule has 32 heavy (non-hydrogen) atoms. The van der Waals surface area contributed by atoms with Crippen molar-refractivity contribution in [3.8, 4) is 5.75 Å². The van der Waals surface area contributed by atoms with Crippen molar-refractivity contribution in [3.05, 3.63) is 65.6 Å². The number of hydrogen-bond donors (Lipinski definition) is 1. The van der Waals surface area contributed by atoms with Gasteiger partial charge in [-0.3, -0.25) is 0 Å². The van der Waals surface area contributed by atoms with Crippen LogP contribution in [-0.2, 0) is 16.0 Å². The maximum Gasteiger partial charge on any atom is 0.365 e. The molecule has 0 amide bonds. The van der Waals surface area contributed by atoms with Gasteiger partial charge in [-0.05, 0) is 24.3 Å². The van der Waals surface area contributed by atoms with E-state index in [1.807, 2.05) is 46.2 Å². The van der Waals surface area contributed by atoms with Gasteiger partial charge < -0.3 is 25.0 Å². The van der Waals surface area contributed by atoms with Crippen LogP contribution in [0.5, 0.6) is 5.75 Å². The Kier molecular flexibility index (Phi) is 6.27. The number of aromatic nitrogens is 1. The highest BCUT2D eigenvalue weighted by Crippen LogP contribution is 2.30. The van der Waals surface area contributed by atoms with Crippen molar-refractivity contribution >= 4 is 36.1 Å². The normalized spacial score (nSPS) is 19.2. The lowest BCUT2D eigenvalue weighted by Crippen LogP contribution is -2.49. The van der Waals surface area contributed by atoms with Crippen molar-refractivity contribution < 1.29 is 14.3 Å². The summed E-state index contributed by atoms with van der Waals surface area (Å²) in [5, 5.41) is 0. The molecule has 2 aromatic rings. The first-order valence-corrected chi connectivity index (χ1v) is 10.2. The van der Waals surface area contributed by atoms with E-state index in [4.69, 9.17) is 15.2 Å². The molecule has 4 heterocycles. The summed E-state index contributed by atoms with van der Waals surface area (Å²) in [5.41, 5.74) is 8.28. The lowest BCUT2D eigenvalue weighted by Gasteiger charge is -2.34. The molecule has 5 rings (SSSR count). The van der Waals surface area contributed by atoms with Crippen LogP contribution in [0, 0.1) is 0 Å². The van der Waals surface area contributed by atoms with Crippen LogP contribution in [0.3, 0.4) is 0 Å². The number of rotatable bonds is 3. The molecule has 3 aliphatic heterocycles. The predicted molar refractivity (Wildman–Crippen MR) is 122 cm³/mol. The number of guanidine groups is 1. The van der Waals surface area contributed by atoms with Gasteiger partial charge in [-0.1, -0.05) is 12.1 Å². The zero-order valence-electron chi connectivity index (χ0n) is 17.3. The summed E-state index contributed by atoms with van der Waals surface area (Å²) in [6, 6.07) is 11.2. The second-order valence-corrected chi connectivity index (χ2v) is 7.38. The van der Waals surface area contributed by atoms with Gasteiger partial charge >= 0.3 is 5.97 Å². The first-order valence-electron chi connectivity index (χ1n) is 10.2. The SMILES string of the molecule is Cl.NC(=Nc1ccccn1)N1CCN(/C=C2/N=C(c3cccc4c3CCO4)OC2=O)CC1. The summed E-state index contributed by atoms with van der Waals surface area (Å²) in [4.78, 5) is 29.4. The summed E-state index contributed by atoms with van der Waals surface area (Å²) in [7, 11) is 0. The third-order valence-corrected chi connectivity index (χ3v) is 5.42. The van der Waals surface area contributed by atoms with E-state index in [0.29, 0.717) is 56.2 Å². The molecule has 9 nitrogen and oxygen atoms in total. The number of aliphatic imine (C=N–C) groups is 2. The molecule has 2 N–H and O–H groups in total. The number of fused-ring (bicyclic) bond motifs is 1. The predicted octanol–water partition coefficient (Wildman–Crippen LogP) is 1.85. The van der Waals surface area contributed by atoms with Crippen LogP contribution in [0.1, 0.15) is 11.1 Å². The molecule has 1 aromatic heterocycles. The number of nitrogens with zero attached hydrogens (tertiary/aromatic N) is 5. The van der Waals surface area contributed by atoms with Crippen LogP contribution in [-0.4, -0.2) is 65.4 Å². The number of benzene rings is 1. The average molecular weight is 455 g/mol. The zero-order valence-corrected chi connectivity index (χ0v) is 18.1. The van der Waals surface area contributed by atoms with Crippen molar-refractivity contribution in [2.75, 3.05) is 32.8 Å². The minimum Gasteiger partial charge on any atom is -0.493 e. The molecule has 0 bridgehead atoms. The van der Waals surface area contributed by atoms with Crippen molar-refractivity contribution in [1.29, 1.82) is 0 Å². The Hall–Kier alpha value is -3.59. The van der Waals surface area contributed by atoms with E-state index in [1.165, 1.54) is 0 Å². The lowest BCUT2D eigenvalue weighted by atomic mass is 10.1. The summed E-state index contributed by atoms with van der Waals surface area (Å²) in [5.74, 6) is 1.74. The fraction of sp³-hybridized carbons (Fsp3) is 0.273. The second kappa shape index (κ2) is 9.27. The van der Waals surface area contributed by atoms with E-state index in [0.717, 1.165) is 23.3 Å². The van der Waals surface area contributed by atoms with E-state index in [-0.39, 0.29) is 12.4 Å². The highest BCUT2D eigenvalue weighted by atomic mass is 35.5. The fourth-order valence-electron chi connectivity index (χ4n) is 3.80. The van der Waals surface area contributed by atoms with Crippen molar-refractivity contribution in [2.24, 2.45) is 15.7 Å². The smallest absolute Gasteiger partial charge is 0.365 e. The summed E-state index contributed by atoms with van der Waals surface area (Å²) in [6.45, 7) is 3.37. The van der Waals surface area contributed by atoms with Crippen molar-refractivity contribution in [1.82, 2.24) is 14.8 Å². The highest BCUT2D eigenvalue weighted by Gasteiger charge is 2.29. The van der Waals surface area contributed by atoms with Gasteiger partial charge in [-0.2, -0.15) is 4.99 Å². The van der Waals surface area contributed by atoms with Gasteiger partial charge in [-0.15, -0.1) is 12.4 Å². The number of carbonyl (C=O) groups is 1. The van der Waals surface area contributed by atoms with Gasteiger partial charge in [0.15, 0.2) is 17.5 Å². The van der Waals surface area contributed by atoms with Gasteiger partial charge in [0.05, 0.1) is 6.61 Å². The maximum atomic E-state index is 12.4. The average Bonchev–Trinajstić information content (AvgIpc) is 3.41. The van der Waals surface area contributed by atoms with E-state index in [1.54, 1.807) is 12.4 Å². The number of ether oxygens (including phenoxy) is 2. The quantitative estimate of drug-likeness (QED) is 0.326. The molecule has 1 aromatic carbocycles. The zero-order chi connectivity index (χ0) is 21.2. The second-order valence-electron chi connectivity index (χ2n) is 7.38. The van der Waals surface area contributed by atoms with Crippen molar-refractivity contribution in [2.45, 2.75) is 6.42 Å². The minimum absolute atomic E-state index is 0. The summed E-state index contributed by atoms with van der Waals surface area (Å²) in [6.07, 6.45) is 4.23. The topological polar surface area (TPSA) is 106 Å². The summed E-state index contributed by atoms with van der Waals surface area (Å²) < 4.78 is 11.1. The third kappa shape index (κ3) is 4.38. The third-order valence-electron chi connectivity index (χ3n) is 5.42. The van der Waals surface area contributed by atoms with E-state index in [2.05, 4.69) is 15.0 Å². The Labute approximate surface area is 191 Å². The van der Waals surface area contributed by atoms with Gasteiger partial charge in [0.25, 0.3) is 0 Å². The van der Waals surface area contributed by atoms with E-state index >= 15 is 0 Å². The maximum absolute atomic E-state index is 12.4. The molecule has 166 valence electrons. The molecule has 1 saturated heterocycles. The Bertz CT molecular complexity index is 1090. The number of piperazine rings is 1. The number of esters is 1. The standard InChI is InChI=1S/C22H22N6O3.ClH/c23-22(26-19-6-1-2-8-24-19)28-11-9-27(10-12-28)14-17-21(29)31-20(25-17)16-4-3-5-18-15(16)7-13-30-18;/h1-6,8,14H,7,9-13H2,(H2,23,24,26);1H/b17-14+;. The number of carbonyl (C=O) groups excluding carboxylic acids is 1. The van der Waals surface area contributed by atoms with Crippen LogP contribution >= 0.6 is 12.4 Å². The van der Waals surface area contributed by atoms with Gasteiger partial charge in [-0.25, -0.2) is 14.8 Å². The van der Waals surface area contributed by atoms with E-state index in [9.17, 15) is 4.79 Å². The first kappa shape index (κ1) is 21.6. The minimum atomic E-state index is -0.440. The monoisotopic (exact) mass is 454 g/mol. The number of hydrogen-bond acceptors (Lipinski definition) is 7. The molecule has 0 spiro atoms. The fourth-order valence-corrected chi connectivity index (χ4v) is 3.80. The Morgan fingerprint density at radius 3 is 2.75 bits per heavy atom.